The van der Waals surface area contributed by atoms with E-state index in [0.717, 1.165) is 5.56 Å². The van der Waals surface area contributed by atoms with Crippen molar-refractivity contribution in [1.82, 2.24) is 15.7 Å². The summed E-state index contributed by atoms with van der Waals surface area (Å²) in [7, 11) is -4.52. The predicted molar refractivity (Wildman–Crippen MR) is 136 cm³/mol. The molecule has 2 unspecified atom stereocenters. The summed E-state index contributed by atoms with van der Waals surface area (Å²) in [6, 6.07) is 14.1. The molecule has 2 rings (SSSR count). The zero-order valence-electron chi connectivity index (χ0n) is 23.7. The van der Waals surface area contributed by atoms with Gasteiger partial charge in [0.05, 0.1) is 25.2 Å². The molecular formula is C26H34K2N3O8P. The monoisotopic (exact) mass is 625 g/mol. The molecule has 0 spiro atoms. The fourth-order valence-electron chi connectivity index (χ4n) is 3.51. The summed E-state index contributed by atoms with van der Waals surface area (Å²) in [6.07, 6.45) is 0.473. The molecular weight excluding hydrogens is 591 g/mol. The van der Waals surface area contributed by atoms with E-state index in [1.54, 1.807) is 38.1 Å². The number of benzene rings is 2. The van der Waals surface area contributed by atoms with Gasteiger partial charge in [-0.25, -0.2) is 5.09 Å². The van der Waals surface area contributed by atoms with Crippen molar-refractivity contribution in [3.8, 4) is 5.75 Å². The van der Waals surface area contributed by atoms with Gasteiger partial charge >= 0.3 is 103 Å². The number of nitrogens with one attached hydrogen (secondary N) is 3. The van der Waals surface area contributed by atoms with Crippen LogP contribution in [0, 0.1) is 5.92 Å². The molecule has 0 aromatic heterocycles. The predicted octanol–water partition coefficient (Wildman–Crippen LogP) is -5.32. The fraction of sp³-hybridized carbons (Fsp3) is 0.423. The Bertz CT molecular complexity index is 1110. The minimum atomic E-state index is -4.52. The number of carbonyl (C=O) groups excluding carboxylic acids is 3. The van der Waals surface area contributed by atoms with Crippen molar-refractivity contribution < 1.29 is 141 Å². The van der Waals surface area contributed by atoms with Crippen LogP contribution in [0.1, 0.15) is 38.3 Å². The normalized spacial score (nSPS) is 14.2. The molecule has 3 N–H and O–H groups in total. The van der Waals surface area contributed by atoms with Crippen LogP contribution >= 0.6 is 7.75 Å². The summed E-state index contributed by atoms with van der Waals surface area (Å²) in [5.74, 6) is -2.82. The molecule has 0 aliphatic heterocycles. The molecule has 0 aliphatic carbocycles. The molecule has 0 heterocycles. The van der Waals surface area contributed by atoms with Crippen molar-refractivity contribution in [3.05, 3.63) is 65.7 Å². The van der Waals surface area contributed by atoms with Crippen LogP contribution in [-0.4, -0.2) is 43.0 Å². The molecule has 2 amide bonds. The number of aliphatic carboxylic acids is 1. The van der Waals surface area contributed by atoms with Crippen molar-refractivity contribution >= 4 is 25.5 Å². The smallest absolute Gasteiger partial charge is 0.766 e. The Kier molecular flexibility index (Phi) is 20.9. The molecule has 4 atom stereocenters. The maximum Gasteiger partial charge on any atom is 1.00 e. The Morgan fingerprint density at radius 3 is 2.12 bits per heavy atom. The van der Waals surface area contributed by atoms with Crippen LogP contribution in [0.5, 0.6) is 5.75 Å². The van der Waals surface area contributed by atoms with Crippen molar-refractivity contribution in [2.45, 2.75) is 52.3 Å². The molecule has 0 radical (unpaired) electrons. The van der Waals surface area contributed by atoms with Crippen molar-refractivity contribution in [2.75, 3.05) is 13.2 Å². The number of hydrogen-bond donors (Lipinski definition) is 3. The Balaban J connectivity index is 0.00000760. The second kappa shape index (κ2) is 20.9. The molecule has 14 heteroatoms. The summed E-state index contributed by atoms with van der Waals surface area (Å²) in [5.41, 5.74) is 1.66. The van der Waals surface area contributed by atoms with Gasteiger partial charge in [0.1, 0.15) is 18.4 Å². The van der Waals surface area contributed by atoms with E-state index in [9.17, 15) is 28.9 Å². The molecule has 11 nitrogen and oxygen atoms in total. The van der Waals surface area contributed by atoms with Crippen LogP contribution in [-0.2, 0) is 36.5 Å². The number of hydrogen-bond acceptors (Lipinski definition) is 8. The Morgan fingerprint density at radius 2 is 1.57 bits per heavy atom. The molecule has 0 fully saturated rings. The Hall–Kier alpha value is 0.0327. The second-order valence-electron chi connectivity index (χ2n) is 8.68. The van der Waals surface area contributed by atoms with E-state index in [1.165, 1.54) is 6.92 Å². The van der Waals surface area contributed by atoms with Crippen LogP contribution in [0.25, 0.3) is 0 Å². The first-order valence-corrected chi connectivity index (χ1v) is 13.9. The molecule has 0 saturated heterocycles. The first kappa shape index (κ1) is 40.0. The van der Waals surface area contributed by atoms with Gasteiger partial charge in [0.25, 0.3) is 0 Å². The van der Waals surface area contributed by atoms with Gasteiger partial charge in [-0.15, -0.1) is 0 Å². The molecule has 0 bridgehead atoms. The number of carboxylic acid groups (broad SMARTS) is 1. The Labute approximate surface area is 320 Å². The number of ether oxygens (including phenoxy) is 1. The third-order valence-corrected chi connectivity index (χ3v) is 6.94. The third-order valence-electron chi connectivity index (χ3n) is 5.74. The van der Waals surface area contributed by atoms with E-state index in [0.29, 0.717) is 24.3 Å². The quantitative estimate of drug-likeness (QED) is 0.122. The van der Waals surface area contributed by atoms with E-state index < -0.39 is 50.1 Å². The van der Waals surface area contributed by atoms with Crippen LogP contribution in [0.15, 0.2) is 54.6 Å². The van der Waals surface area contributed by atoms with E-state index in [-0.39, 0.29) is 116 Å². The standard InChI is InChI=1S/C26H36N3O8P.2K/c1-4-18(3)24(29-38(34,35)37-5-2)26(33)28-22(25(32)27-16-23(30)31)15-19-11-13-21(14-12-19)36-17-20-9-7-6-8-10-20;;/h6-14,18,22,24H,4-5,15-17H2,1-3H3,(H,27,32)(H,28,33)(H,30,31)(H2,29,34,35);;/q;2*+1/p-2/t18-,22?,24-;;/m0../s1. The molecule has 2 aromatic carbocycles. The summed E-state index contributed by atoms with van der Waals surface area (Å²) in [4.78, 5) is 48.9. The average Bonchev–Trinajstić information content (AvgIpc) is 2.89. The van der Waals surface area contributed by atoms with E-state index in [4.69, 9.17) is 9.26 Å². The number of carbonyl (C=O) groups is 3. The third kappa shape index (κ3) is 15.0. The summed E-state index contributed by atoms with van der Waals surface area (Å²) < 4.78 is 22.7. The van der Waals surface area contributed by atoms with Gasteiger partial charge in [-0.1, -0.05) is 62.7 Å². The molecule has 208 valence electrons. The minimum Gasteiger partial charge on any atom is -0.766 e. The van der Waals surface area contributed by atoms with E-state index in [2.05, 4.69) is 15.7 Å². The van der Waals surface area contributed by atoms with Gasteiger partial charge in [0.15, 0.2) is 0 Å². The van der Waals surface area contributed by atoms with Crippen molar-refractivity contribution in [2.24, 2.45) is 5.92 Å². The maximum absolute atomic E-state index is 13.1. The van der Waals surface area contributed by atoms with Crippen LogP contribution in [0.3, 0.4) is 0 Å². The zero-order chi connectivity index (χ0) is 28.1. The van der Waals surface area contributed by atoms with E-state index in [1.807, 2.05) is 30.3 Å². The van der Waals surface area contributed by atoms with Gasteiger partial charge in [-0.05, 0) is 36.1 Å². The fourth-order valence-corrected chi connectivity index (χ4v) is 4.64. The van der Waals surface area contributed by atoms with Gasteiger partial charge in [0.2, 0.25) is 19.6 Å². The number of amides is 2. The minimum absolute atomic E-state index is 0. The van der Waals surface area contributed by atoms with Gasteiger partial charge in [0, 0.05) is 6.42 Å². The molecule has 2 aromatic rings. The number of rotatable bonds is 16. The van der Waals surface area contributed by atoms with Gasteiger partial charge < -0.3 is 34.7 Å². The first-order valence-electron chi connectivity index (χ1n) is 12.3. The molecule has 0 aliphatic rings. The van der Waals surface area contributed by atoms with E-state index >= 15 is 0 Å². The summed E-state index contributed by atoms with van der Waals surface area (Å²) in [6.45, 7) is 4.49. The largest absolute Gasteiger partial charge is 1.00 e. The number of carboxylic acids is 1. The summed E-state index contributed by atoms with van der Waals surface area (Å²) in [5, 5.41) is 17.9. The zero-order valence-corrected chi connectivity index (χ0v) is 30.8. The van der Waals surface area contributed by atoms with Crippen molar-refractivity contribution in [3.63, 3.8) is 0 Å². The molecule has 0 saturated carbocycles. The average molecular weight is 626 g/mol. The Morgan fingerprint density at radius 1 is 0.950 bits per heavy atom. The van der Waals surface area contributed by atoms with Gasteiger partial charge in [-0.3, -0.25) is 14.2 Å². The van der Waals surface area contributed by atoms with Crippen LogP contribution in [0.4, 0.5) is 0 Å². The second-order valence-corrected chi connectivity index (χ2v) is 10.2. The van der Waals surface area contributed by atoms with Crippen LogP contribution in [0.2, 0.25) is 0 Å². The first-order chi connectivity index (χ1) is 18.0. The SMILES string of the molecule is CCOP(=O)([O-])N[C@H](C(=O)NC(Cc1ccc(OCc2ccccc2)cc1)C(=O)NCC(=O)[O-])[C@@H](C)CC.[K+].[K+]. The maximum atomic E-state index is 13.1. The van der Waals surface area contributed by atoms with Gasteiger partial charge in [-0.2, -0.15) is 0 Å². The molecule has 40 heavy (non-hydrogen) atoms. The van der Waals surface area contributed by atoms with Crippen molar-refractivity contribution in [1.29, 1.82) is 0 Å². The summed E-state index contributed by atoms with van der Waals surface area (Å²) >= 11 is 0. The topological polar surface area (TPSA) is 169 Å². The van der Waals surface area contributed by atoms with Crippen LogP contribution < -0.4 is 133 Å².